The van der Waals surface area contributed by atoms with Gasteiger partial charge >= 0.3 is 12.1 Å². The predicted octanol–water partition coefficient (Wildman–Crippen LogP) is 6.69. The van der Waals surface area contributed by atoms with Crippen LogP contribution in [0, 0.1) is 0 Å². The van der Waals surface area contributed by atoms with Crippen molar-refractivity contribution in [1.29, 1.82) is 0 Å². The van der Waals surface area contributed by atoms with Gasteiger partial charge in [0, 0.05) is 29.0 Å². The van der Waals surface area contributed by atoms with E-state index >= 15 is 0 Å². The van der Waals surface area contributed by atoms with E-state index in [4.69, 9.17) is 9.47 Å². The number of anilines is 2. The van der Waals surface area contributed by atoms with Gasteiger partial charge in [-0.25, -0.2) is 9.69 Å². The van der Waals surface area contributed by atoms with E-state index in [-0.39, 0.29) is 11.4 Å². The number of carbonyl (C=O) groups excluding carboxylic acids is 2. The summed E-state index contributed by atoms with van der Waals surface area (Å²) in [6.45, 7) is 8.37. The van der Waals surface area contributed by atoms with Gasteiger partial charge in [-0.3, -0.25) is 9.89 Å². The van der Waals surface area contributed by atoms with Gasteiger partial charge in [0.05, 0.1) is 12.3 Å². The lowest BCUT2D eigenvalue weighted by molar-refractivity contribution is -0.143. The van der Waals surface area contributed by atoms with E-state index in [9.17, 15) is 9.59 Å². The van der Waals surface area contributed by atoms with Gasteiger partial charge in [-0.05, 0) is 42.5 Å². The van der Waals surface area contributed by atoms with Gasteiger partial charge in [0.1, 0.15) is 5.75 Å². The molecule has 0 saturated carbocycles. The normalized spacial score (nSPS) is 11.3. The minimum Gasteiger partial charge on any atom is -0.466 e. The second kappa shape index (κ2) is 10.6. The van der Waals surface area contributed by atoms with Gasteiger partial charge in [0.2, 0.25) is 0 Å². The molecule has 0 unspecified atom stereocenters. The Bertz CT molecular complexity index is 1350. The van der Waals surface area contributed by atoms with Crippen LogP contribution >= 0.6 is 0 Å². The van der Waals surface area contributed by atoms with Gasteiger partial charge in [-0.1, -0.05) is 69.3 Å². The van der Waals surface area contributed by atoms with Crippen molar-refractivity contribution >= 4 is 34.3 Å². The average Bonchev–Trinajstić information content (AvgIpc) is 3.35. The van der Waals surface area contributed by atoms with Crippen LogP contribution in [0.3, 0.4) is 0 Å². The van der Waals surface area contributed by atoms with Crippen molar-refractivity contribution in [3.8, 4) is 5.75 Å². The summed E-state index contributed by atoms with van der Waals surface area (Å²) in [7, 11) is 0. The molecule has 4 aromatic rings. The highest BCUT2D eigenvalue weighted by atomic mass is 16.6. The Morgan fingerprint density at radius 2 is 1.69 bits per heavy atom. The van der Waals surface area contributed by atoms with E-state index < -0.39 is 6.09 Å². The molecule has 4 rings (SSSR count). The second-order valence-electron chi connectivity index (χ2n) is 9.54. The van der Waals surface area contributed by atoms with Crippen molar-refractivity contribution in [3.63, 3.8) is 0 Å². The molecule has 7 nitrogen and oxygen atoms in total. The molecule has 0 aliphatic carbocycles. The number of aryl methyl sites for hydroxylation is 1. The van der Waals surface area contributed by atoms with E-state index in [0.717, 1.165) is 22.0 Å². The van der Waals surface area contributed by atoms with Crippen molar-refractivity contribution in [2.45, 2.75) is 46.0 Å². The molecule has 0 bridgehead atoms. The Morgan fingerprint density at radius 3 is 2.39 bits per heavy atom. The summed E-state index contributed by atoms with van der Waals surface area (Å²) in [5.41, 5.74) is 2.29. The number of esters is 1. The molecular formula is C29H31N3O4. The van der Waals surface area contributed by atoms with Gasteiger partial charge < -0.3 is 9.47 Å². The van der Waals surface area contributed by atoms with Gasteiger partial charge in [0.15, 0.2) is 5.82 Å². The van der Waals surface area contributed by atoms with Crippen LogP contribution in [-0.2, 0) is 21.4 Å². The minimum atomic E-state index is -0.572. The summed E-state index contributed by atoms with van der Waals surface area (Å²) in [6, 6.07) is 22.7. The lowest BCUT2D eigenvalue weighted by atomic mass is 9.92. The zero-order valence-electron chi connectivity index (χ0n) is 21.1. The molecule has 0 radical (unpaired) electrons. The first-order valence-corrected chi connectivity index (χ1v) is 12.1. The summed E-state index contributed by atoms with van der Waals surface area (Å²) in [5.74, 6) is 0.679. The van der Waals surface area contributed by atoms with Crippen LogP contribution in [0.25, 0.3) is 10.8 Å². The molecule has 0 aliphatic heterocycles. The number of aromatic amines is 1. The summed E-state index contributed by atoms with van der Waals surface area (Å²) in [5, 5.41) is 9.30. The number of H-pyrrole nitrogens is 1. The number of hydrogen-bond acceptors (Lipinski definition) is 5. The molecule has 7 heteroatoms. The highest BCUT2D eigenvalue weighted by molar-refractivity contribution is 5.98. The monoisotopic (exact) mass is 485 g/mol. The molecule has 1 amide bonds. The summed E-state index contributed by atoms with van der Waals surface area (Å²) < 4.78 is 10.9. The SMILES string of the molecule is CCOC(=O)CCc1ccc(N(C(=O)Oc2cccc3ccccc23)c2cc(C(C)(C)C)[nH]n2)cc1. The molecule has 0 spiro atoms. The Labute approximate surface area is 211 Å². The van der Waals surface area contributed by atoms with Gasteiger partial charge in [0.25, 0.3) is 0 Å². The van der Waals surface area contributed by atoms with Gasteiger partial charge in [-0.15, -0.1) is 0 Å². The summed E-state index contributed by atoms with van der Waals surface area (Å²) in [4.78, 5) is 26.7. The standard InChI is InChI=1S/C29H31N3O4/c1-5-35-27(33)18-15-20-13-16-22(17-14-20)32(26-19-25(30-31-26)29(2,3)4)28(34)36-24-12-8-10-21-9-6-7-11-23(21)24/h6-14,16-17,19H,5,15,18H2,1-4H3,(H,30,31). The zero-order valence-corrected chi connectivity index (χ0v) is 21.1. The van der Waals surface area contributed by atoms with Crippen molar-refractivity contribution < 1.29 is 19.1 Å². The number of amides is 1. The Kier molecular flexibility index (Phi) is 7.38. The topological polar surface area (TPSA) is 84.5 Å². The molecule has 0 atom stereocenters. The van der Waals surface area contributed by atoms with Crippen molar-refractivity contribution in [3.05, 3.63) is 84.1 Å². The maximum Gasteiger partial charge on any atom is 0.425 e. The first-order valence-electron chi connectivity index (χ1n) is 12.1. The molecular weight excluding hydrogens is 454 g/mol. The van der Waals surface area contributed by atoms with Crippen molar-refractivity contribution in [2.75, 3.05) is 11.5 Å². The Hall–Kier alpha value is -4.13. The first kappa shape index (κ1) is 25.0. The molecule has 1 aromatic heterocycles. The fourth-order valence-electron chi connectivity index (χ4n) is 3.86. The van der Waals surface area contributed by atoms with Crippen LogP contribution in [0.2, 0.25) is 0 Å². The molecule has 3 aromatic carbocycles. The van der Waals surface area contributed by atoms with Crippen molar-refractivity contribution in [1.82, 2.24) is 10.2 Å². The van der Waals surface area contributed by atoms with Crippen LogP contribution in [0.1, 0.15) is 45.4 Å². The number of fused-ring (bicyclic) bond motifs is 1. The third-order valence-corrected chi connectivity index (χ3v) is 5.85. The summed E-state index contributed by atoms with van der Waals surface area (Å²) >= 11 is 0. The molecule has 0 fully saturated rings. The minimum absolute atomic E-state index is 0.173. The number of ether oxygens (including phenoxy) is 2. The number of nitrogens with zero attached hydrogens (tertiary/aromatic N) is 2. The number of aromatic nitrogens is 2. The Morgan fingerprint density at radius 1 is 0.972 bits per heavy atom. The van der Waals surface area contributed by atoms with Crippen LogP contribution < -0.4 is 9.64 Å². The number of rotatable bonds is 7. The molecule has 0 saturated heterocycles. The predicted molar refractivity (Wildman–Crippen MR) is 141 cm³/mol. The quantitative estimate of drug-likeness (QED) is 0.295. The van der Waals surface area contributed by atoms with E-state index in [1.807, 2.05) is 66.7 Å². The summed E-state index contributed by atoms with van der Waals surface area (Å²) in [6.07, 6.45) is 0.280. The van der Waals surface area contributed by atoms with E-state index in [1.165, 1.54) is 4.90 Å². The maximum atomic E-state index is 13.6. The second-order valence-corrected chi connectivity index (χ2v) is 9.54. The van der Waals surface area contributed by atoms with E-state index in [0.29, 0.717) is 36.7 Å². The smallest absolute Gasteiger partial charge is 0.425 e. The first-order chi connectivity index (χ1) is 17.3. The fourth-order valence-corrected chi connectivity index (χ4v) is 3.86. The fraction of sp³-hybridized carbons (Fsp3) is 0.276. The number of carbonyl (C=O) groups is 2. The van der Waals surface area contributed by atoms with Crippen LogP contribution in [0.15, 0.2) is 72.8 Å². The van der Waals surface area contributed by atoms with E-state index in [1.54, 1.807) is 13.0 Å². The zero-order chi connectivity index (χ0) is 25.7. The molecule has 186 valence electrons. The maximum absolute atomic E-state index is 13.6. The lowest BCUT2D eigenvalue weighted by Crippen LogP contribution is -2.29. The number of nitrogens with one attached hydrogen (secondary N) is 1. The lowest BCUT2D eigenvalue weighted by Gasteiger charge is -2.21. The third kappa shape index (κ3) is 5.74. The van der Waals surface area contributed by atoms with Crippen LogP contribution in [0.4, 0.5) is 16.3 Å². The van der Waals surface area contributed by atoms with Crippen molar-refractivity contribution in [2.24, 2.45) is 0 Å². The van der Waals surface area contributed by atoms with Crippen LogP contribution in [0.5, 0.6) is 5.75 Å². The third-order valence-electron chi connectivity index (χ3n) is 5.85. The highest BCUT2D eigenvalue weighted by Gasteiger charge is 2.26. The van der Waals surface area contributed by atoms with E-state index in [2.05, 4.69) is 31.0 Å². The highest BCUT2D eigenvalue weighted by Crippen LogP contribution is 2.31. The number of hydrogen-bond donors (Lipinski definition) is 1. The molecule has 0 aliphatic rings. The molecule has 36 heavy (non-hydrogen) atoms. The largest absolute Gasteiger partial charge is 0.466 e. The number of benzene rings is 3. The molecule has 1 N–H and O–H groups in total. The van der Waals surface area contributed by atoms with Crippen LogP contribution in [-0.4, -0.2) is 28.9 Å². The molecule has 1 heterocycles. The van der Waals surface area contributed by atoms with Gasteiger partial charge in [-0.2, -0.15) is 5.10 Å². The average molecular weight is 486 g/mol. The Balaban J connectivity index is 1.64.